The summed E-state index contributed by atoms with van der Waals surface area (Å²) >= 11 is 0. The fraction of sp³-hybridized carbons (Fsp3) is 0.400. The number of halogens is 5. The molecule has 17 heavy (non-hydrogen) atoms. The van der Waals surface area contributed by atoms with Crippen molar-refractivity contribution in [3.8, 4) is 0 Å². The molecule has 0 radical (unpaired) electrons. The van der Waals surface area contributed by atoms with Crippen LogP contribution in [0.15, 0.2) is 24.3 Å². The van der Waals surface area contributed by atoms with E-state index < -0.39 is 35.9 Å². The Morgan fingerprint density at radius 1 is 1.18 bits per heavy atom. The average molecular weight is 255 g/mol. The SMILES string of the molecule is NCC(F)(F)C(O)c1cccc(C(F)(F)F)c1. The van der Waals surface area contributed by atoms with Crippen molar-refractivity contribution in [3.05, 3.63) is 35.4 Å². The molecular weight excluding hydrogens is 245 g/mol. The van der Waals surface area contributed by atoms with Crippen LogP contribution in [0.5, 0.6) is 0 Å². The largest absolute Gasteiger partial charge is 0.416 e. The molecular formula is C10H10F5NO. The maximum absolute atomic E-state index is 13.0. The lowest BCUT2D eigenvalue weighted by atomic mass is 10.0. The van der Waals surface area contributed by atoms with Crippen molar-refractivity contribution in [3.63, 3.8) is 0 Å². The summed E-state index contributed by atoms with van der Waals surface area (Å²) in [5.41, 5.74) is 3.12. The normalized spacial score (nSPS) is 14.8. The van der Waals surface area contributed by atoms with Gasteiger partial charge in [-0.15, -0.1) is 0 Å². The van der Waals surface area contributed by atoms with Crippen LogP contribution in [0.4, 0.5) is 22.0 Å². The van der Waals surface area contributed by atoms with E-state index >= 15 is 0 Å². The first-order valence-corrected chi connectivity index (χ1v) is 4.61. The maximum atomic E-state index is 13.0. The molecule has 0 saturated carbocycles. The number of aliphatic hydroxyl groups is 1. The Kier molecular flexibility index (Phi) is 3.73. The molecule has 1 aromatic carbocycles. The molecule has 0 heterocycles. The summed E-state index contributed by atoms with van der Waals surface area (Å²) in [6.45, 7) is -1.15. The number of rotatable bonds is 3. The second-order valence-electron chi connectivity index (χ2n) is 3.49. The molecule has 1 unspecified atom stereocenters. The highest BCUT2D eigenvalue weighted by Crippen LogP contribution is 2.34. The van der Waals surface area contributed by atoms with Gasteiger partial charge in [-0.05, 0) is 17.7 Å². The van der Waals surface area contributed by atoms with Crippen molar-refractivity contribution in [2.24, 2.45) is 5.73 Å². The van der Waals surface area contributed by atoms with E-state index in [0.717, 1.165) is 18.2 Å². The summed E-state index contributed by atoms with van der Waals surface area (Å²) in [5.74, 6) is -3.66. The van der Waals surface area contributed by atoms with Crippen LogP contribution in [0.2, 0.25) is 0 Å². The Hall–Kier alpha value is -1.21. The molecule has 3 N–H and O–H groups in total. The van der Waals surface area contributed by atoms with Crippen LogP contribution in [-0.2, 0) is 6.18 Å². The zero-order valence-corrected chi connectivity index (χ0v) is 8.51. The summed E-state index contributed by atoms with van der Waals surface area (Å²) < 4.78 is 63.0. The van der Waals surface area contributed by atoms with Crippen molar-refractivity contribution in [1.82, 2.24) is 0 Å². The third-order valence-electron chi connectivity index (χ3n) is 2.20. The number of alkyl halides is 5. The van der Waals surface area contributed by atoms with Gasteiger partial charge in [0.15, 0.2) is 0 Å². The number of hydrogen-bond donors (Lipinski definition) is 2. The zero-order chi connectivity index (χ0) is 13.3. The second kappa shape index (κ2) is 4.58. The van der Waals surface area contributed by atoms with Crippen LogP contribution in [0, 0.1) is 0 Å². The van der Waals surface area contributed by atoms with Crippen molar-refractivity contribution < 1.29 is 27.1 Å². The third-order valence-corrected chi connectivity index (χ3v) is 2.20. The van der Waals surface area contributed by atoms with Crippen LogP contribution in [0.1, 0.15) is 17.2 Å². The lowest BCUT2D eigenvalue weighted by molar-refractivity contribution is -0.138. The van der Waals surface area contributed by atoms with Gasteiger partial charge in [0.05, 0.1) is 12.1 Å². The van der Waals surface area contributed by atoms with Crippen molar-refractivity contribution in [1.29, 1.82) is 0 Å². The molecule has 1 rings (SSSR count). The molecule has 0 fully saturated rings. The molecule has 7 heteroatoms. The van der Waals surface area contributed by atoms with E-state index in [-0.39, 0.29) is 0 Å². The fourth-order valence-corrected chi connectivity index (χ4v) is 1.24. The highest BCUT2D eigenvalue weighted by Gasteiger charge is 2.39. The molecule has 96 valence electrons. The van der Waals surface area contributed by atoms with E-state index in [2.05, 4.69) is 0 Å². The predicted octanol–water partition coefficient (Wildman–Crippen LogP) is 2.33. The Labute approximate surface area is 93.9 Å². The minimum atomic E-state index is -4.65. The van der Waals surface area contributed by atoms with E-state index in [0.29, 0.717) is 6.07 Å². The fourth-order valence-electron chi connectivity index (χ4n) is 1.24. The van der Waals surface area contributed by atoms with E-state index in [1.165, 1.54) is 0 Å². The minimum absolute atomic E-state index is 0.480. The van der Waals surface area contributed by atoms with Gasteiger partial charge in [0.2, 0.25) is 0 Å². The zero-order valence-electron chi connectivity index (χ0n) is 8.51. The number of nitrogens with two attached hydrogens (primary N) is 1. The summed E-state index contributed by atoms with van der Waals surface area (Å²) in [6, 6.07) is 3.16. The van der Waals surface area contributed by atoms with Gasteiger partial charge in [0, 0.05) is 0 Å². The lowest BCUT2D eigenvalue weighted by Gasteiger charge is -2.21. The van der Waals surface area contributed by atoms with Crippen LogP contribution in [0.3, 0.4) is 0 Å². The predicted molar refractivity (Wildman–Crippen MR) is 50.4 cm³/mol. The average Bonchev–Trinajstić information content (AvgIpc) is 2.27. The highest BCUT2D eigenvalue weighted by molar-refractivity contribution is 5.28. The van der Waals surface area contributed by atoms with Gasteiger partial charge < -0.3 is 10.8 Å². The Balaban J connectivity index is 3.08. The van der Waals surface area contributed by atoms with Crippen molar-refractivity contribution in [2.75, 3.05) is 6.54 Å². The van der Waals surface area contributed by atoms with Crippen LogP contribution < -0.4 is 5.73 Å². The molecule has 0 aliphatic heterocycles. The van der Waals surface area contributed by atoms with Crippen LogP contribution in [0.25, 0.3) is 0 Å². The van der Waals surface area contributed by atoms with E-state index in [9.17, 15) is 27.1 Å². The van der Waals surface area contributed by atoms with Gasteiger partial charge in [-0.25, -0.2) is 8.78 Å². The maximum Gasteiger partial charge on any atom is 0.416 e. The summed E-state index contributed by atoms with van der Waals surface area (Å²) in [4.78, 5) is 0. The molecule has 0 saturated heterocycles. The smallest absolute Gasteiger partial charge is 0.382 e. The molecule has 0 aromatic heterocycles. The monoisotopic (exact) mass is 255 g/mol. The molecule has 0 aliphatic carbocycles. The number of hydrogen-bond acceptors (Lipinski definition) is 2. The van der Waals surface area contributed by atoms with Gasteiger partial charge in [0.25, 0.3) is 5.92 Å². The van der Waals surface area contributed by atoms with Gasteiger partial charge in [0.1, 0.15) is 6.10 Å². The molecule has 1 aromatic rings. The quantitative estimate of drug-likeness (QED) is 0.814. The first-order valence-electron chi connectivity index (χ1n) is 4.61. The van der Waals surface area contributed by atoms with Gasteiger partial charge in [-0.3, -0.25) is 0 Å². The van der Waals surface area contributed by atoms with Crippen molar-refractivity contribution in [2.45, 2.75) is 18.2 Å². The molecule has 2 nitrogen and oxygen atoms in total. The molecule has 0 bridgehead atoms. The Morgan fingerprint density at radius 3 is 2.24 bits per heavy atom. The second-order valence-corrected chi connectivity index (χ2v) is 3.49. The van der Waals surface area contributed by atoms with Crippen LogP contribution >= 0.6 is 0 Å². The molecule has 0 aliphatic rings. The third kappa shape index (κ3) is 3.13. The Bertz CT molecular complexity index is 391. The summed E-state index contributed by atoms with van der Waals surface area (Å²) in [7, 11) is 0. The van der Waals surface area contributed by atoms with Gasteiger partial charge >= 0.3 is 6.18 Å². The topological polar surface area (TPSA) is 46.2 Å². The first kappa shape index (κ1) is 13.9. The number of aliphatic hydroxyl groups excluding tert-OH is 1. The van der Waals surface area contributed by atoms with Crippen LogP contribution in [-0.4, -0.2) is 17.6 Å². The minimum Gasteiger partial charge on any atom is -0.382 e. The summed E-state index contributed by atoms with van der Waals surface area (Å²) in [6.07, 6.45) is -7.00. The molecule has 0 amide bonds. The van der Waals surface area contributed by atoms with Crippen molar-refractivity contribution >= 4 is 0 Å². The van der Waals surface area contributed by atoms with E-state index in [1.807, 2.05) is 0 Å². The molecule has 1 atom stereocenters. The summed E-state index contributed by atoms with van der Waals surface area (Å²) in [5, 5.41) is 9.24. The van der Waals surface area contributed by atoms with Gasteiger partial charge in [-0.2, -0.15) is 13.2 Å². The Morgan fingerprint density at radius 2 is 1.76 bits per heavy atom. The number of benzene rings is 1. The standard InChI is InChI=1S/C10H10F5NO/c11-9(12,5-16)8(17)6-2-1-3-7(4-6)10(13,14)15/h1-4,8,17H,5,16H2. The van der Waals surface area contributed by atoms with E-state index in [1.54, 1.807) is 0 Å². The van der Waals surface area contributed by atoms with Gasteiger partial charge in [-0.1, -0.05) is 12.1 Å². The lowest BCUT2D eigenvalue weighted by Crippen LogP contribution is -2.34. The first-order chi connectivity index (χ1) is 7.68. The van der Waals surface area contributed by atoms with E-state index in [4.69, 9.17) is 5.73 Å². The molecule has 0 spiro atoms. The highest BCUT2D eigenvalue weighted by atomic mass is 19.4.